The number of hydrogen-bond acceptors (Lipinski definition) is 3. The van der Waals surface area contributed by atoms with E-state index in [0.717, 1.165) is 27.7 Å². The Balaban J connectivity index is 1.79. The molecule has 2 heterocycles. The molecule has 0 amide bonds. The van der Waals surface area contributed by atoms with Crippen LogP contribution in [0.25, 0.3) is 22.3 Å². The number of rotatable bonds is 3. The third-order valence-electron chi connectivity index (χ3n) is 4.02. The van der Waals surface area contributed by atoms with E-state index in [4.69, 9.17) is 11.6 Å². The number of aromatic nitrogens is 5. The second kappa shape index (κ2) is 5.65. The number of aromatic amines is 2. The highest BCUT2D eigenvalue weighted by Gasteiger charge is 2.13. The highest BCUT2D eigenvalue weighted by molar-refractivity contribution is 6.30. The lowest BCUT2D eigenvalue weighted by Gasteiger charge is -2.06. The smallest absolute Gasteiger partial charge is 0.282 e. The average molecular weight is 340 g/mol. The third-order valence-corrected chi connectivity index (χ3v) is 4.27. The molecule has 0 fully saturated rings. The van der Waals surface area contributed by atoms with Crippen LogP contribution in [-0.2, 0) is 6.54 Å². The van der Waals surface area contributed by atoms with Crippen LogP contribution in [-0.4, -0.2) is 25.0 Å². The molecule has 2 aromatic heterocycles. The molecule has 0 aliphatic carbocycles. The second-order valence-corrected chi connectivity index (χ2v) is 6.08. The van der Waals surface area contributed by atoms with E-state index in [1.807, 2.05) is 49.4 Å². The highest BCUT2D eigenvalue weighted by Crippen LogP contribution is 2.23. The zero-order chi connectivity index (χ0) is 16.7. The first-order valence-corrected chi connectivity index (χ1v) is 7.84. The maximum atomic E-state index is 12.2. The van der Waals surface area contributed by atoms with Crippen molar-refractivity contribution < 1.29 is 0 Å². The van der Waals surface area contributed by atoms with Crippen molar-refractivity contribution in [1.82, 2.24) is 25.0 Å². The first-order chi connectivity index (χ1) is 11.6. The van der Waals surface area contributed by atoms with Crippen LogP contribution in [0.4, 0.5) is 0 Å². The van der Waals surface area contributed by atoms with Crippen LogP contribution in [0.1, 0.15) is 11.3 Å². The van der Waals surface area contributed by atoms with Crippen LogP contribution in [0.15, 0.2) is 47.3 Å². The molecule has 0 spiro atoms. The highest BCUT2D eigenvalue weighted by atomic mass is 35.5. The number of halogens is 1. The minimum Gasteiger partial charge on any atom is -0.282 e. The zero-order valence-corrected chi connectivity index (χ0v) is 13.6. The fourth-order valence-corrected chi connectivity index (χ4v) is 2.86. The Kier molecular flexibility index (Phi) is 3.46. The molecule has 0 bridgehead atoms. The summed E-state index contributed by atoms with van der Waals surface area (Å²) in [6.07, 6.45) is 0. The largest absolute Gasteiger partial charge is 0.343 e. The van der Waals surface area contributed by atoms with Gasteiger partial charge in [0.1, 0.15) is 0 Å². The molecule has 0 aliphatic heterocycles. The number of H-pyrrole nitrogens is 2. The van der Waals surface area contributed by atoms with Crippen molar-refractivity contribution in [2.45, 2.75) is 13.5 Å². The zero-order valence-electron chi connectivity index (χ0n) is 12.9. The molecule has 0 unspecified atom stereocenters. The number of nitrogens with one attached hydrogen (secondary N) is 2. The SMILES string of the molecule is Cc1[nH]nc2ccc(-c3n[nH]c(=O)n3Cc3ccc(Cl)cc3)cc12. The molecule has 4 rings (SSSR count). The number of hydrogen-bond donors (Lipinski definition) is 2. The normalized spacial score (nSPS) is 11.2. The summed E-state index contributed by atoms with van der Waals surface area (Å²) in [7, 11) is 0. The molecule has 2 N–H and O–H groups in total. The molecule has 0 saturated heterocycles. The van der Waals surface area contributed by atoms with Crippen LogP contribution in [0, 0.1) is 6.92 Å². The average Bonchev–Trinajstić information content (AvgIpc) is 3.13. The molecule has 120 valence electrons. The predicted octanol–water partition coefficient (Wildman–Crippen LogP) is 3.12. The summed E-state index contributed by atoms with van der Waals surface area (Å²) >= 11 is 5.92. The van der Waals surface area contributed by atoms with Gasteiger partial charge in [0.25, 0.3) is 0 Å². The first-order valence-electron chi connectivity index (χ1n) is 7.46. The number of benzene rings is 2. The summed E-state index contributed by atoms with van der Waals surface area (Å²) in [5.41, 5.74) is 3.46. The Hall–Kier alpha value is -2.86. The van der Waals surface area contributed by atoms with Gasteiger partial charge in [-0.05, 0) is 42.8 Å². The summed E-state index contributed by atoms with van der Waals surface area (Å²) < 4.78 is 1.61. The molecule has 6 nitrogen and oxygen atoms in total. The van der Waals surface area contributed by atoms with Gasteiger partial charge < -0.3 is 0 Å². The molecular weight excluding hydrogens is 326 g/mol. The van der Waals surface area contributed by atoms with E-state index in [0.29, 0.717) is 17.4 Å². The van der Waals surface area contributed by atoms with Crippen molar-refractivity contribution >= 4 is 22.5 Å². The van der Waals surface area contributed by atoms with E-state index in [2.05, 4.69) is 20.4 Å². The number of nitrogens with zero attached hydrogens (tertiary/aromatic N) is 3. The third kappa shape index (κ3) is 2.51. The monoisotopic (exact) mass is 339 g/mol. The Morgan fingerprint density at radius 1 is 1.08 bits per heavy atom. The van der Waals surface area contributed by atoms with Crippen molar-refractivity contribution in [2.24, 2.45) is 0 Å². The van der Waals surface area contributed by atoms with Crippen LogP contribution < -0.4 is 5.69 Å². The summed E-state index contributed by atoms with van der Waals surface area (Å²) in [4.78, 5) is 12.2. The summed E-state index contributed by atoms with van der Waals surface area (Å²) in [5.74, 6) is 0.595. The van der Waals surface area contributed by atoms with Crippen molar-refractivity contribution in [1.29, 1.82) is 0 Å². The summed E-state index contributed by atoms with van der Waals surface area (Å²) in [6, 6.07) is 13.2. The quantitative estimate of drug-likeness (QED) is 0.602. The lowest BCUT2D eigenvalue weighted by molar-refractivity contribution is 0.769. The molecule has 0 aliphatic rings. The van der Waals surface area contributed by atoms with Gasteiger partial charge in [0.05, 0.1) is 12.1 Å². The maximum Gasteiger partial charge on any atom is 0.343 e. The van der Waals surface area contributed by atoms with Gasteiger partial charge in [-0.3, -0.25) is 9.67 Å². The molecule has 24 heavy (non-hydrogen) atoms. The van der Waals surface area contributed by atoms with Crippen LogP contribution in [0.2, 0.25) is 5.02 Å². The fourth-order valence-electron chi connectivity index (χ4n) is 2.73. The minimum atomic E-state index is -0.246. The van der Waals surface area contributed by atoms with Gasteiger partial charge in [0.15, 0.2) is 5.82 Å². The van der Waals surface area contributed by atoms with Gasteiger partial charge in [-0.15, -0.1) is 0 Å². The molecule has 0 atom stereocenters. The lowest BCUT2D eigenvalue weighted by Crippen LogP contribution is -2.18. The summed E-state index contributed by atoms with van der Waals surface area (Å²) in [5, 5.41) is 15.6. The fraction of sp³-hybridized carbons (Fsp3) is 0.118. The van der Waals surface area contributed by atoms with E-state index in [-0.39, 0.29) is 5.69 Å². The van der Waals surface area contributed by atoms with Crippen molar-refractivity contribution in [3.8, 4) is 11.4 Å². The van der Waals surface area contributed by atoms with Gasteiger partial charge in [0.2, 0.25) is 0 Å². The van der Waals surface area contributed by atoms with Crippen LogP contribution in [0.5, 0.6) is 0 Å². The number of aryl methyl sites for hydroxylation is 1. The topological polar surface area (TPSA) is 79.4 Å². The molecule has 0 saturated carbocycles. The van der Waals surface area contributed by atoms with E-state index < -0.39 is 0 Å². The van der Waals surface area contributed by atoms with E-state index >= 15 is 0 Å². The van der Waals surface area contributed by atoms with Crippen LogP contribution in [0.3, 0.4) is 0 Å². The summed E-state index contributed by atoms with van der Waals surface area (Å²) in [6.45, 7) is 2.38. The Labute approximate surface area is 142 Å². The molecule has 0 radical (unpaired) electrons. The van der Waals surface area contributed by atoms with Gasteiger partial charge in [-0.1, -0.05) is 23.7 Å². The van der Waals surface area contributed by atoms with Gasteiger partial charge in [-0.25, -0.2) is 9.89 Å². The predicted molar refractivity (Wildman–Crippen MR) is 93.2 cm³/mol. The Bertz CT molecular complexity index is 1070. The maximum absolute atomic E-state index is 12.2. The van der Waals surface area contributed by atoms with E-state index in [1.165, 1.54) is 0 Å². The van der Waals surface area contributed by atoms with E-state index in [1.54, 1.807) is 4.57 Å². The second-order valence-electron chi connectivity index (χ2n) is 5.65. The van der Waals surface area contributed by atoms with Gasteiger partial charge in [0, 0.05) is 21.7 Å². The van der Waals surface area contributed by atoms with E-state index in [9.17, 15) is 4.79 Å². The molecule has 7 heteroatoms. The van der Waals surface area contributed by atoms with Crippen LogP contribution >= 0.6 is 11.6 Å². The van der Waals surface area contributed by atoms with Crippen molar-refractivity contribution in [3.63, 3.8) is 0 Å². The minimum absolute atomic E-state index is 0.246. The Morgan fingerprint density at radius 2 is 1.88 bits per heavy atom. The lowest BCUT2D eigenvalue weighted by atomic mass is 10.1. The van der Waals surface area contributed by atoms with Gasteiger partial charge in [-0.2, -0.15) is 10.2 Å². The standard InChI is InChI=1S/C17H14ClN5O/c1-10-14-8-12(4-7-15(14)20-19-10)16-21-22-17(24)23(16)9-11-2-5-13(18)6-3-11/h2-8H,9H2,1H3,(H,19,20)(H,22,24). The van der Waals surface area contributed by atoms with Crippen molar-refractivity contribution in [3.05, 3.63) is 69.2 Å². The molecule has 2 aromatic carbocycles. The van der Waals surface area contributed by atoms with Crippen molar-refractivity contribution in [2.75, 3.05) is 0 Å². The van der Waals surface area contributed by atoms with Gasteiger partial charge >= 0.3 is 5.69 Å². The first kappa shape index (κ1) is 14.7. The molecular formula is C17H14ClN5O. The number of fused-ring (bicyclic) bond motifs is 1. The molecule has 4 aromatic rings. The Morgan fingerprint density at radius 3 is 2.67 bits per heavy atom.